The fraction of sp³-hybridized carbons (Fsp3) is 0.487. The molecule has 2 saturated heterocycles. The van der Waals surface area contributed by atoms with E-state index < -0.39 is 41.7 Å². The number of allylic oxidation sites excluding steroid dienone is 1. The van der Waals surface area contributed by atoms with Gasteiger partial charge in [-0.25, -0.2) is 14.6 Å². The zero-order valence-electron chi connectivity index (χ0n) is 30.3. The maximum atomic E-state index is 13.8. The number of ether oxygens (including phenoxy) is 4. The van der Waals surface area contributed by atoms with E-state index in [4.69, 9.17) is 18.9 Å². The topological polar surface area (TPSA) is 160 Å². The quantitative estimate of drug-likeness (QED) is 0.156. The minimum atomic E-state index is -1.16. The Morgan fingerprint density at radius 2 is 1.75 bits per heavy atom. The third kappa shape index (κ3) is 10.3. The van der Waals surface area contributed by atoms with Gasteiger partial charge in [0.05, 0.1) is 32.5 Å². The van der Waals surface area contributed by atoms with Gasteiger partial charge in [0.1, 0.15) is 12.1 Å². The van der Waals surface area contributed by atoms with Crippen molar-refractivity contribution in [2.75, 3.05) is 26.9 Å². The summed E-state index contributed by atoms with van der Waals surface area (Å²) < 4.78 is 22.4. The van der Waals surface area contributed by atoms with Gasteiger partial charge < -0.3 is 34.7 Å². The second-order valence-electron chi connectivity index (χ2n) is 14.6. The lowest BCUT2D eigenvalue weighted by Crippen LogP contribution is -2.59. The Morgan fingerprint density at radius 1 is 1.02 bits per heavy atom. The zero-order valence-corrected chi connectivity index (χ0v) is 30.3. The number of carbonyl (C=O) groups is 3. The molecule has 2 aliphatic heterocycles. The highest BCUT2D eigenvalue weighted by molar-refractivity contribution is 5.86. The first-order valence-electron chi connectivity index (χ1n) is 17.7. The van der Waals surface area contributed by atoms with E-state index in [1.165, 1.54) is 7.11 Å². The Hall–Kier alpha value is -4.56. The van der Waals surface area contributed by atoms with Gasteiger partial charge in [0, 0.05) is 43.3 Å². The van der Waals surface area contributed by atoms with Crippen molar-refractivity contribution < 1.29 is 38.4 Å². The summed E-state index contributed by atoms with van der Waals surface area (Å²) in [7, 11) is 1.23. The van der Waals surface area contributed by atoms with Crippen molar-refractivity contribution in [2.45, 2.75) is 70.7 Å². The van der Waals surface area contributed by atoms with Crippen LogP contribution in [0.3, 0.4) is 0 Å². The molecule has 13 heteroatoms. The molecule has 8 atom stereocenters. The molecule has 0 aromatic heterocycles. The minimum absolute atomic E-state index is 0.0718. The van der Waals surface area contributed by atoms with E-state index in [0.29, 0.717) is 19.6 Å². The number of aliphatic hydroxyl groups excluding tert-OH is 1. The van der Waals surface area contributed by atoms with E-state index in [1.54, 1.807) is 23.5 Å². The van der Waals surface area contributed by atoms with Crippen molar-refractivity contribution in [3.63, 3.8) is 0 Å². The van der Waals surface area contributed by atoms with Crippen LogP contribution in [0.15, 0.2) is 78.4 Å². The SMILES string of the molecule is C=C/C=N\C=C\c1ccc(CN(C[C@H](O)[C@H](Cc2ccccc2)NC(=O)OC2C3COC4OCC2C4C3)NC(=O)[C@@H](NC(=O)OC)C(C)(C)C)cc1. The van der Waals surface area contributed by atoms with E-state index >= 15 is 0 Å². The van der Waals surface area contributed by atoms with Crippen molar-refractivity contribution >= 4 is 30.4 Å². The molecule has 2 heterocycles. The number of carbonyl (C=O) groups excluding carboxylic acids is 3. The van der Waals surface area contributed by atoms with Crippen molar-refractivity contribution in [1.82, 2.24) is 21.1 Å². The van der Waals surface area contributed by atoms with Gasteiger partial charge in [-0.2, -0.15) is 0 Å². The second kappa shape index (κ2) is 17.8. The number of hydrazine groups is 1. The summed E-state index contributed by atoms with van der Waals surface area (Å²) in [5.41, 5.74) is 4.89. The third-order valence-electron chi connectivity index (χ3n) is 9.75. The zero-order chi connectivity index (χ0) is 37.3. The number of nitrogens with zero attached hydrogens (tertiary/aromatic N) is 2. The molecular formula is C39H51N5O8. The average Bonchev–Trinajstić information content (AvgIpc) is 3.65. The Kier molecular flexibility index (Phi) is 13.2. The molecule has 1 aliphatic carbocycles. The van der Waals surface area contributed by atoms with Gasteiger partial charge in [-0.15, -0.1) is 0 Å². The molecule has 2 aromatic rings. The number of amides is 3. The Morgan fingerprint density at radius 3 is 2.44 bits per heavy atom. The molecule has 3 fully saturated rings. The first-order chi connectivity index (χ1) is 24.9. The van der Waals surface area contributed by atoms with Crippen LogP contribution in [0.25, 0.3) is 6.08 Å². The van der Waals surface area contributed by atoms with Gasteiger partial charge in [-0.05, 0) is 41.0 Å². The van der Waals surface area contributed by atoms with Crippen molar-refractivity contribution in [1.29, 1.82) is 0 Å². The lowest BCUT2D eigenvalue weighted by Gasteiger charge is -2.34. The fourth-order valence-corrected chi connectivity index (χ4v) is 7.08. The molecule has 2 bridgehead atoms. The number of aliphatic imine (C=N–C) groups is 1. The van der Waals surface area contributed by atoms with Crippen LogP contribution >= 0.6 is 0 Å². The summed E-state index contributed by atoms with van der Waals surface area (Å²) in [5.74, 6) is -0.119. The monoisotopic (exact) mass is 717 g/mol. The molecule has 5 unspecified atom stereocenters. The van der Waals surface area contributed by atoms with Gasteiger partial charge in [-0.3, -0.25) is 15.2 Å². The summed E-state index contributed by atoms with van der Waals surface area (Å²) >= 11 is 0. The van der Waals surface area contributed by atoms with Crippen molar-refractivity contribution in [3.8, 4) is 0 Å². The standard InChI is InChI=1S/C39H51N5O8/c1-6-17-40-18-16-25-12-14-27(15-13-25)21-44(43-35(46)34(39(2,3)4)42-37(47)49-5)22-32(45)31(19-26-10-8-7-9-11-26)41-38(48)52-33-28-20-29-30(33)24-51-36(29)50-23-28/h6-18,28-34,36,45H,1,19-24H2,2-5H3,(H,41,48)(H,42,47)(H,43,46)/b18-16+,40-17-/t28?,29?,30?,31-,32-,33?,34+,36?/m0/s1. The normalized spacial score (nSPS) is 24.0. The molecule has 3 amide bonds. The number of hydrogen-bond acceptors (Lipinski definition) is 10. The molecular weight excluding hydrogens is 666 g/mol. The Balaban J connectivity index is 1.34. The molecule has 1 saturated carbocycles. The molecule has 0 radical (unpaired) electrons. The number of benzene rings is 2. The highest BCUT2D eigenvalue weighted by atomic mass is 16.7. The van der Waals surface area contributed by atoms with Crippen LogP contribution in [0.2, 0.25) is 0 Å². The second-order valence-corrected chi connectivity index (χ2v) is 14.6. The largest absolute Gasteiger partial charge is 0.453 e. The average molecular weight is 718 g/mol. The van der Waals surface area contributed by atoms with Crippen LogP contribution < -0.4 is 16.1 Å². The maximum Gasteiger partial charge on any atom is 0.407 e. The number of alkyl carbamates (subject to hydrolysis) is 2. The van der Waals surface area contributed by atoms with E-state index in [0.717, 1.165) is 23.1 Å². The molecule has 3 aliphatic rings. The Bertz CT molecular complexity index is 1580. The number of rotatable bonds is 15. The number of hydrogen-bond donors (Lipinski definition) is 4. The summed E-state index contributed by atoms with van der Waals surface area (Å²) in [5, 5.41) is 19.0. The number of nitrogens with one attached hydrogen (secondary N) is 3. The van der Waals surface area contributed by atoms with E-state index in [-0.39, 0.29) is 43.2 Å². The number of fused-ring (bicyclic) bond motifs is 1. The van der Waals surface area contributed by atoms with Crippen LogP contribution in [0.5, 0.6) is 0 Å². The first-order valence-corrected chi connectivity index (χ1v) is 17.7. The lowest BCUT2D eigenvalue weighted by atomic mass is 9.86. The van der Waals surface area contributed by atoms with Gasteiger partial charge in [0.15, 0.2) is 6.29 Å². The highest BCUT2D eigenvalue weighted by Crippen LogP contribution is 2.49. The van der Waals surface area contributed by atoms with E-state index in [2.05, 4.69) is 27.6 Å². The van der Waals surface area contributed by atoms with Crippen molar-refractivity contribution in [2.24, 2.45) is 28.2 Å². The predicted octanol–water partition coefficient (Wildman–Crippen LogP) is 4.22. The van der Waals surface area contributed by atoms with Crippen LogP contribution in [0.4, 0.5) is 9.59 Å². The van der Waals surface area contributed by atoms with E-state index in [1.807, 2.05) is 81.4 Å². The summed E-state index contributed by atoms with van der Waals surface area (Å²) in [4.78, 5) is 43.6. The van der Waals surface area contributed by atoms with Gasteiger partial charge in [-0.1, -0.05) is 88.0 Å². The fourth-order valence-electron chi connectivity index (χ4n) is 7.08. The molecule has 13 nitrogen and oxygen atoms in total. The molecule has 0 spiro atoms. The first kappa shape index (κ1) is 38.7. The van der Waals surface area contributed by atoms with Gasteiger partial charge >= 0.3 is 12.2 Å². The molecule has 52 heavy (non-hydrogen) atoms. The summed E-state index contributed by atoms with van der Waals surface area (Å²) in [6, 6.07) is 15.4. The minimum Gasteiger partial charge on any atom is -0.453 e. The lowest BCUT2D eigenvalue weighted by molar-refractivity contribution is -0.169. The van der Waals surface area contributed by atoms with Crippen molar-refractivity contribution in [3.05, 3.63) is 90.1 Å². The van der Waals surface area contributed by atoms with Gasteiger partial charge in [0.2, 0.25) is 0 Å². The van der Waals surface area contributed by atoms with Crippen LogP contribution in [0, 0.1) is 23.2 Å². The third-order valence-corrected chi connectivity index (χ3v) is 9.75. The summed E-state index contributed by atoms with van der Waals surface area (Å²) in [6.45, 7) is 10.2. The van der Waals surface area contributed by atoms with E-state index in [9.17, 15) is 19.5 Å². The molecule has 5 rings (SSSR count). The van der Waals surface area contributed by atoms with Gasteiger partial charge in [0.25, 0.3) is 5.91 Å². The maximum absolute atomic E-state index is 13.8. The van der Waals surface area contributed by atoms with Crippen LogP contribution in [-0.2, 0) is 36.7 Å². The highest BCUT2D eigenvalue weighted by Gasteiger charge is 2.56. The molecule has 280 valence electrons. The summed E-state index contributed by atoms with van der Waals surface area (Å²) in [6.07, 6.45) is 4.76. The Labute approximate surface area is 305 Å². The van der Waals surface area contributed by atoms with Crippen LogP contribution in [-0.4, -0.2) is 91.9 Å². The molecule has 4 N–H and O–H groups in total. The predicted molar refractivity (Wildman–Crippen MR) is 196 cm³/mol. The number of aliphatic hydroxyl groups is 1. The molecule has 2 aromatic carbocycles. The van der Waals surface area contributed by atoms with Crippen LogP contribution in [0.1, 0.15) is 43.9 Å². The number of methoxy groups -OCH3 is 1. The smallest absolute Gasteiger partial charge is 0.407 e.